The Morgan fingerprint density at radius 1 is 1.20 bits per heavy atom. The third kappa shape index (κ3) is 3.74. The van der Waals surface area contributed by atoms with Gasteiger partial charge in [0, 0.05) is 0 Å². The average Bonchev–Trinajstić information content (AvgIpc) is 2.46. The molecule has 2 rings (SSSR count). The molecule has 0 amide bonds. The van der Waals surface area contributed by atoms with Gasteiger partial charge in [0.1, 0.15) is 23.7 Å². The molecule has 1 aromatic rings. The summed E-state index contributed by atoms with van der Waals surface area (Å²) < 4.78 is 11.5. The summed E-state index contributed by atoms with van der Waals surface area (Å²) in [6.07, 6.45) is -2.61. The van der Waals surface area contributed by atoms with Crippen LogP contribution in [0, 0.1) is 0 Å². The lowest BCUT2D eigenvalue weighted by Crippen LogP contribution is -2.56. The molecule has 0 aliphatic carbocycles. The van der Waals surface area contributed by atoms with E-state index in [9.17, 15) is 10.2 Å². The van der Waals surface area contributed by atoms with Crippen molar-refractivity contribution < 1.29 is 19.7 Å². The molecule has 1 saturated heterocycles. The molecule has 0 spiro atoms. The molecule has 5 heteroatoms. The highest BCUT2D eigenvalue weighted by atomic mass is 32.2. The Hall–Kier alpha value is -0.590. The van der Waals surface area contributed by atoms with Gasteiger partial charge in [0.05, 0.1) is 12.7 Å². The number of hydrogen-bond acceptors (Lipinski definition) is 5. The van der Waals surface area contributed by atoms with Gasteiger partial charge in [0.2, 0.25) is 0 Å². The first-order valence-corrected chi connectivity index (χ1v) is 7.97. The number of ether oxygens (including phenoxy) is 2. The van der Waals surface area contributed by atoms with Crippen LogP contribution in [0.4, 0.5) is 0 Å². The van der Waals surface area contributed by atoms with Gasteiger partial charge >= 0.3 is 0 Å². The summed E-state index contributed by atoms with van der Waals surface area (Å²) in [5, 5.41) is 20.3. The molecule has 20 heavy (non-hydrogen) atoms. The Morgan fingerprint density at radius 3 is 2.55 bits per heavy atom. The molecule has 1 aliphatic heterocycles. The molecule has 0 bridgehead atoms. The number of aliphatic hydroxyl groups is 2. The van der Waals surface area contributed by atoms with Crippen LogP contribution >= 0.6 is 11.8 Å². The topological polar surface area (TPSA) is 58.9 Å². The quantitative estimate of drug-likeness (QED) is 0.868. The summed E-state index contributed by atoms with van der Waals surface area (Å²) >= 11 is 1.50. The van der Waals surface area contributed by atoms with E-state index in [4.69, 9.17) is 9.47 Å². The maximum atomic E-state index is 10.2. The average molecular weight is 298 g/mol. The second-order valence-electron chi connectivity index (χ2n) is 4.91. The minimum Gasteiger partial charge on any atom is -0.387 e. The highest BCUT2D eigenvalue weighted by Gasteiger charge is 2.43. The van der Waals surface area contributed by atoms with Gasteiger partial charge in [-0.1, -0.05) is 37.3 Å². The molecule has 4 nitrogen and oxygen atoms in total. The molecule has 2 N–H and O–H groups in total. The fourth-order valence-corrected chi connectivity index (χ4v) is 3.25. The predicted octanol–water partition coefficient (Wildman–Crippen LogP) is 1.79. The normalized spacial score (nSPS) is 34.1. The van der Waals surface area contributed by atoms with Crippen LogP contribution in [0.3, 0.4) is 0 Å². The molecule has 0 saturated carbocycles. The van der Waals surface area contributed by atoms with Gasteiger partial charge in [-0.25, -0.2) is 0 Å². The van der Waals surface area contributed by atoms with Crippen molar-refractivity contribution >= 4 is 11.8 Å². The number of rotatable bonds is 5. The van der Waals surface area contributed by atoms with Crippen LogP contribution in [-0.4, -0.2) is 45.8 Å². The minimum atomic E-state index is -0.925. The Labute approximate surface area is 124 Å². The van der Waals surface area contributed by atoms with E-state index in [1.807, 2.05) is 44.2 Å². The number of hydrogen-bond donors (Lipinski definition) is 2. The van der Waals surface area contributed by atoms with Gasteiger partial charge in [0.15, 0.2) is 0 Å². The lowest BCUT2D eigenvalue weighted by atomic mass is 10.0. The highest BCUT2D eigenvalue weighted by molar-refractivity contribution is 7.99. The maximum absolute atomic E-state index is 10.2. The first kappa shape index (κ1) is 15.8. The Kier molecular flexibility index (Phi) is 5.86. The zero-order valence-electron chi connectivity index (χ0n) is 11.8. The summed E-state index contributed by atoms with van der Waals surface area (Å²) in [6, 6.07) is 9.76. The minimum absolute atomic E-state index is 0.249. The van der Waals surface area contributed by atoms with E-state index in [2.05, 4.69) is 0 Å². The molecular formula is C15H22O4S. The van der Waals surface area contributed by atoms with Crippen LogP contribution in [0.25, 0.3) is 0 Å². The molecular weight excluding hydrogens is 276 g/mol. The van der Waals surface area contributed by atoms with Gasteiger partial charge in [-0.3, -0.25) is 0 Å². The van der Waals surface area contributed by atoms with Crippen molar-refractivity contribution in [3.8, 4) is 0 Å². The van der Waals surface area contributed by atoms with Crippen molar-refractivity contribution in [3.63, 3.8) is 0 Å². The second-order valence-corrected chi connectivity index (χ2v) is 6.28. The van der Waals surface area contributed by atoms with E-state index in [0.29, 0.717) is 6.61 Å². The third-order valence-corrected chi connectivity index (χ3v) is 4.44. The molecule has 1 aromatic carbocycles. The maximum Gasteiger partial charge on any atom is 0.132 e. The molecule has 1 fully saturated rings. The third-order valence-electron chi connectivity index (χ3n) is 3.39. The van der Waals surface area contributed by atoms with E-state index in [1.165, 1.54) is 11.8 Å². The van der Waals surface area contributed by atoms with Crippen LogP contribution in [0.15, 0.2) is 30.3 Å². The molecule has 0 unspecified atom stereocenters. The van der Waals surface area contributed by atoms with Crippen molar-refractivity contribution in [3.05, 3.63) is 35.9 Å². The van der Waals surface area contributed by atoms with Crippen molar-refractivity contribution in [2.45, 2.75) is 50.3 Å². The van der Waals surface area contributed by atoms with E-state index in [-0.39, 0.29) is 11.5 Å². The number of aliphatic hydroxyl groups excluding tert-OH is 2. The largest absolute Gasteiger partial charge is 0.387 e. The van der Waals surface area contributed by atoms with Crippen LogP contribution in [0.1, 0.15) is 19.4 Å². The fourth-order valence-electron chi connectivity index (χ4n) is 2.31. The van der Waals surface area contributed by atoms with Crippen LogP contribution < -0.4 is 0 Å². The van der Waals surface area contributed by atoms with Crippen molar-refractivity contribution in [1.82, 2.24) is 0 Å². The molecule has 5 atom stereocenters. The van der Waals surface area contributed by atoms with Crippen molar-refractivity contribution in [2.24, 2.45) is 0 Å². The number of benzene rings is 1. The van der Waals surface area contributed by atoms with Crippen molar-refractivity contribution in [2.75, 3.05) is 5.75 Å². The summed E-state index contributed by atoms with van der Waals surface area (Å²) in [4.78, 5) is 0. The first-order chi connectivity index (χ1) is 9.63. The standard InChI is InChI=1S/C15H22O4S/c1-3-20-15-13(17)12(16)14(10(2)19-15)18-9-11-7-5-4-6-8-11/h4-8,10,12-17H,3,9H2,1-2H3/t10-,12-,13+,14-,15-/m0/s1. The zero-order chi connectivity index (χ0) is 14.5. The summed E-state index contributed by atoms with van der Waals surface area (Å²) in [5.74, 6) is 0.830. The fraction of sp³-hybridized carbons (Fsp3) is 0.600. The Bertz CT molecular complexity index is 400. The number of thioether (sulfide) groups is 1. The molecule has 1 aliphatic rings. The molecule has 112 valence electrons. The summed E-state index contributed by atoms with van der Waals surface area (Å²) in [6.45, 7) is 4.26. The van der Waals surface area contributed by atoms with E-state index in [1.54, 1.807) is 0 Å². The predicted molar refractivity (Wildman–Crippen MR) is 79.5 cm³/mol. The van der Waals surface area contributed by atoms with E-state index < -0.39 is 18.3 Å². The van der Waals surface area contributed by atoms with Gasteiger partial charge in [-0.15, -0.1) is 11.8 Å². The monoisotopic (exact) mass is 298 g/mol. The SMILES string of the molecule is CCS[C@@H]1O[C@@H](C)[C@H](OCc2ccccc2)[C@@H](O)[C@H]1O. The zero-order valence-corrected chi connectivity index (χ0v) is 12.6. The summed E-state index contributed by atoms with van der Waals surface area (Å²) in [5.41, 5.74) is 0.646. The van der Waals surface area contributed by atoms with Crippen LogP contribution in [0.2, 0.25) is 0 Å². The highest BCUT2D eigenvalue weighted by Crippen LogP contribution is 2.30. The lowest BCUT2D eigenvalue weighted by molar-refractivity contribution is -0.212. The molecule has 0 aromatic heterocycles. The van der Waals surface area contributed by atoms with E-state index >= 15 is 0 Å². The Balaban J connectivity index is 1.94. The smallest absolute Gasteiger partial charge is 0.132 e. The molecule has 0 radical (unpaired) electrons. The Morgan fingerprint density at radius 2 is 1.90 bits per heavy atom. The van der Waals surface area contributed by atoms with E-state index in [0.717, 1.165) is 11.3 Å². The van der Waals surface area contributed by atoms with Crippen LogP contribution in [0.5, 0.6) is 0 Å². The summed E-state index contributed by atoms with van der Waals surface area (Å²) in [7, 11) is 0. The van der Waals surface area contributed by atoms with Gasteiger partial charge in [0.25, 0.3) is 0 Å². The lowest BCUT2D eigenvalue weighted by Gasteiger charge is -2.41. The second kappa shape index (κ2) is 7.43. The molecule has 1 heterocycles. The van der Waals surface area contributed by atoms with Gasteiger partial charge in [-0.05, 0) is 18.2 Å². The first-order valence-electron chi connectivity index (χ1n) is 6.92. The van der Waals surface area contributed by atoms with Gasteiger partial charge in [-0.2, -0.15) is 0 Å². The van der Waals surface area contributed by atoms with Crippen LogP contribution in [-0.2, 0) is 16.1 Å². The van der Waals surface area contributed by atoms with Gasteiger partial charge < -0.3 is 19.7 Å². The van der Waals surface area contributed by atoms with Crippen molar-refractivity contribution in [1.29, 1.82) is 0 Å².